The molecule has 12 heteroatoms. The van der Waals surface area contributed by atoms with E-state index in [2.05, 4.69) is 0 Å². The summed E-state index contributed by atoms with van der Waals surface area (Å²) in [6, 6.07) is 0. The topological polar surface area (TPSA) is 127 Å². The van der Waals surface area contributed by atoms with E-state index in [0.29, 0.717) is 0 Å². The Labute approximate surface area is 226 Å². The van der Waals surface area contributed by atoms with Gasteiger partial charge in [-0.3, -0.25) is 4.57 Å². The third kappa shape index (κ3) is 10.0. The summed E-state index contributed by atoms with van der Waals surface area (Å²) >= 11 is 0. The van der Waals surface area contributed by atoms with Crippen molar-refractivity contribution in [3.63, 3.8) is 0 Å². The molecular weight excluding hydrogens is 832 g/mol. The third-order valence-electron chi connectivity index (χ3n) is 3.77. The van der Waals surface area contributed by atoms with Crippen LogP contribution in [0.4, 0.5) is 0 Å². The number of phosphoric acid groups is 1. The number of ether oxygens (including phenoxy) is 3. The number of hydrogen-bond acceptors (Lipinski definition) is 9. The van der Waals surface area contributed by atoms with Gasteiger partial charge >= 0.3 is 0 Å². The van der Waals surface area contributed by atoms with Gasteiger partial charge in [0.15, 0.2) is 0 Å². The Kier molecular flexibility index (Phi) is 15.6. The van der Waals surface area contributed by atoms with Crippen LogP contribution in [0.1, 0.15) is 14.7 Å². The number of aliphatic hydroxyl groups excluding tert-OH is 2. The van der Waals surface area contributed by atoms with Crippen LogP contribution in [0.25, 0.3) is 0 Å². The molecule has 9 nitrogen and oxygen atoms in total. The number of phosphoric ester groups is 1. The largest absolute Gasteiger partial charge is 0.756 e. The average Bonchev–Trinajstić information content (AvgIpc) is 3.14. The molecule has 2 aliphatic rings. The maximum Gasteiger partial charge on any atom is 0.268 e. The first-order chi connectivity index (χ1) is 12.9. The molecule has 0 aromatic carbocycles. The standard InChI is InChI=1S/C16H26O9P.Ac.U/c1-2-3-4-5-7-21-15-10-23-13(9-17)16(15)25-26(19,20)24-11-14-12(18)6-8-22-14;;/h2-5,10,12-18H,6-9,11H2,1H3,(H,19,20);;/q-1;;/p-1/b3-2+,5-4+;;/t12-,13-,14-,15?,16+;;/m1../s1/i8T;;/t8-,12+,13+,14+,15?,16-;;/m0... The van der Waals surface area contributed by atoms with E-state index in [1.807, 2.05) is 19.1 Å². The van der Waals surface area contributed by atoms with Crippen LogP contribution in [0.15, 0.2) is 24.3 Å². The van der Waals surface area contributed by atoms with Gasteiger partial charge in [0.25, 0.3) is 7.82 Å². The predicted molar refractivity (Wildman–Crippen MR) is 88.7 cm³/mol. The number of rotatable bonds is 10. The molecule has 157 valence electrons. The van der Waals surface area contributed by atoms with E-state index in [-0.39, 0.29) is 88.2 Å². The van der Waals surface area contributed by atoms with Crippen molar-refractivity contribution >= 4 is 7.82 Å². The van der Waals surface area contributed by atoms with Gasteiger partial charge in [-0.15, -0.1) is 0 Å². The van der Waals surface area contributed by atoms with Crippen LogP contribution in [0.5, 0.6) is 0 Å². The molecule has 0 aliphatic carbocycles. The van der Waals surface area contributed by atoms with Crippen LogP contribution in [-0.2, 0) is 27.8 Å². The maximum absolute atomic E-state index is 12.1. The zero-order chi connectivity index (χ0) is 19.9. The number of hydrogen-bond donors (Lipinski definition) is 2. The van der Waals surface area contributed by atoms with E-state index in [0.717, 1.165) is 0 Å². The first-order valence-corrected chi connectivity index (χ1v) is 9.71. The molecule has 1 radical (unpaired) electrons. The van der Waals surface area contributed by atoms with Gasteiger partial charge in [-0.25, -0.2) is 0 Å². The fourth-order valence-corrected chi connectivity index (χ4v) is 3.32. The Morgan fingerprint density at radius 2 is 2.18 bits per heavy atom. The van der Waals surface area contributed by atoms with Gasteiger partial charge in [0.05, 0.1) is 39.5 Å². The second-order valence-corrected chi connectivity index (χ2v) is 7.07. The van der Waals surface area contributed by atoms with E-state index in [4.69, 9.17) is 24.6 Å². The fourth-order valence-electron chi connectivity index (χ4n) is 2.38. The monoisotopic (exact) mass is 859 g/mol. The van der Waals surface area contributed by atoms with Crippen LogP contribution in [-0.4, -0.2) is 67.1 Å². The van der Waals surface area contributed by atoms with Gasteiger partial charge < -0.3 is 38.4 Å². The van der Waals surface area contributed by atoms with Crippen LogP contribution < -0.4 is 4.89 Å². The van der Waals surface area contributed by atoms with Crippen LogP contribution in [0.3, 0.4) is 0 Å². The Bertz CT molecular complexity index is 571. The Balaban J connectivity index is 0.00000392. The summed E-state index contributed by atoms with van der Waals surface area (Å²) in [7, 11) is -4.80. The van der Waals surface area contributed by atoms with Crippen LogP contribution in [0.2, 0.25) is 0 Å². The molecule has 0 aromatic rings. The molecule has 0 aromatic heterocycles. The molecule has 2 N–H and O–H groups in total. The second kappa shape index (κ2) is 15.6. The maximum atomic E-state index is 12.1. The summed E-state index contributed by atoms with van der Waals surface area (Å²) in [5, 5.41) is 19.0. The van der Waals surface area contributed by atoms with Crippen LogP contribution >= 0.6 is 7.82 Å². The molecule has 0 amide bonds. The Morgan fingerprint density at radius 1 is 1.43 bits per heavy atom. The molecule has 7 atom stereocenters. The summed E-state index contributed by atoms with van der Waals surface area (Å²) in [6.07, 6.45) is 2.43. The predicted octanol–water partition coefficient (Wildman–Crippen LogP) is 0.0768. The number of allylic oxidation sites excluding steroid dienone is 3. The Hall–Kier alpha value is 1.88. The smallest absolute Gasteiger partial charge is 0.268 e. The summed E-state index contributed by atoms with van der Waals surface area (Å²) in [4.78, 5) is 12.1. The quantitative estimate of drug-likeness (QED) is 0.179. The molecular formula is C16H25AcO9PU-2. The minimum Gasteiger partial charge on any atom is -0.756 e. The molecule has 2 unspecified atom stereocenters. The van der Waals surface area contributed by atoms with E-state index >= 15 is 0 Å². The normalized spacial score (nSPS) is 35.5. The molecule has 0 spiro atoms. The second-order valence-electron chi connectivity index (χ2n) is 5.70. The summed E-state index contributed by atoms with van der Waals surface area (Å²) in [5.74, 6) is 0. The van der Waals surface area contributed by atoms with Crippen molar-refractivity contribution in [1.82, 2.24) is 0 Å². The fraction of sp³-hybridized carbons (Fsp3) is 0.688. The minimum atomic E-state index is -4.80. The first-order valence-electron chi connectivity index (χ1n) is 8.83. The van der Waals surface area contributed by atoms with E-state index in [9.17, 15) is 19.7 Å². The summed E-state index contributed by atoms with van der Waals surface area (Å²) in [5.41, 5.74) is 0. The Morgan fingerprint density at radius 3 is 2.79 bits per heavy atom. The van der Waals surface area contributed by atoms with Gasteiger partial charge in [-0.05, 0) is 19.4 Å². The molecule has 0 bridgehead atoms. The molecule has 2 heterocycles. The molecule has 2 aliphatic heterocycles. The van der Waals surface area contributed by atoms with E-state index < -0.39 is 58.1 Å². The third-order valence-corrected chi connectivity index (χ3v) is 4.73. The van der Waals surface area contributed by atoms with E-state index in [1.165, 1.54) is 6.61 Å². The van der Waals surface area contributed by atoms with E-state index in [1.54, 1.807) is 12.2 Å². The van der Waals surface area contributed by atoms with Gasteiger partial charge in [0.2, 0.25) is 0 Å². The van der Waals surface area contributed by atoms with Crippen LogP contribution in [0, 0.1) is 81.8 Å². The first kappa shape index (κ1) is 27.9. The van der Waals surface area contributed by atoms with Gasteiger partial charge in [-0.1, -0.05) is 24.3 Å². The SMILES string of the molecule is [3H][C@H]1C[C@@H](O)[C@@H](COP(=O)([O-])O[C@@H]2C(OC/C=C/C=C/C)[CH-]O[C@@H]2CO)O1.[Ac].[U]. The van der Waals surface area contributed by atoms with Crippen molar-refractivity contribution in [2.45, 2.75) is 43.9 Å². The van der Waals surface area contributed by atoms with Gasteiger partial charge in [-0.2, -0.15) is 6.61 Å². The average molecular weight is 859 g/mol. The van der Waals surface area contributed by atoms with Crippen molar-refractivity contribution in [3.8, 4) is 0 Å². The zero-order valence-electron chi connectivity index (χ0n) is 16.5. The minimum absolute atomic E-state index is 0. The van der Waals surface area contributed by atoms with Crippen molar-refractivity contribution < 1.29 is 119 Å². The number of aliphatic hydroxyl groups is 2. The molecule has 0 saturated carbocycles. The van der Waals surface area contributed by atoms with Crippen molar-refractivity contribution in [3.05, 3.63) is 30.9 Å². The van der Waals surface area contributed by atoms with Crippen molar-refractivity contribution in [1.29, 1.82) is 0 Å². The van der Waals surface area contributed by atoms with Gasteiger partial charge in [0, 0.05) is 81.8 Å². The van der Waals surface area contributed by atoms with Crippen molar-refractivity contribution in [2.75, 3.05) is 26.4 Å². The zero-order valence-corrected chi connectivity index (χ0v) is 25.3. The molecule has 2 saturated heterocycles. The summed E-state index contributed by atoms with van der Waals surface area (Å²) < 4.78 is 45.1. The molecule has 2 fully saturated rings. The molecule has 28 heavy (non-hydrogen) atoms. The van der Waals surface area contributed by atoms with Gasteiger partial charge in [0.1, 0.15) is 6.10 Å². The van der Waals surface area contributed by atoms with Crippen molar-refractivity contribution in [2.24, 2.45) is 0 Å². The summed E-state index contributed by atoms with van der Waals surface area (Å²) in [6.45, 7) is 1.44. The molecule has 2 rings (SSSR count).